The minimum atomic E-state index is 0.0262. The van der Waals surface area contributed by atoms with Crippen molar-refractivity contribution < 1.29 is 9.53 Å². The van der Waals surface area contributed by atoms with Gasteiger partial charge in [0.15, 0.2) is 5.78 Å². The zero-order valence-electron chi connectivity index (χ0n) is 14.0. The maximum Gasteiger partial charge on any atom is 0.187 e. The highest BCUT2D eigenvalue weighted by molar-refractivity contribution is 6.04. The Morgan fingerprint density at radius 1 is 1.09 bits per heavy atom. The van der Waals surface area contributed by atoms with Gasteiger partial charge in [-0.15, -0.1) is 0 Å². The smallest absolute Gasteiger partial charge is 0.187 e. The van der Waals surface area contributed by atoms with E-state index in [4.69, 9.17) is 4.74 Å². The van der Waals surface area contributed by atoms with Gasteiger partial charge in [0.25, 0.3) is 0 Å². The van der Waals surface area contributed by atoms with Crippen molar-refractivity contribution in [1.29, 1.82) is 0 Å². The van der Waals surface area contributed by atoms with Gasteiger partial charge in [-0.3, -0.25) is 4.79 Å². The number of hydrogen-bond donors (Lipinski definition) is 0. The second kappa shape index (κ2) is 8.18. The largest absolute Gasteiger partial charge is 0.492 e. The van der Waals surface area contributed by atoms with E-state index >= 15 is 0 Å². The van der Waals surface area contributed by atoms with Crippen molar-refractivity contribution in [2.24, 2.45) is 0 Å². The van der Waals surface area contributed by atoms with Crippen LogP contribution in [0.1, 0.15) is 22.8 Å². The van der Waals surface area contributed by atoms with Crippen LogP contribution in [0.25, 0.3) is 0 Å². The van der Waals surface area contributed by atoms with Gasteiger partial charge in [-0.25, -0.2) is 0 Å². The molecular formula is C20H23NO2. The van der Waals surface area contributed by atoms with Gasteiger partial charge in [-0.2, -0.15) is 0 Å². The number of allylic oxidation sites excluding steroid dienone is 2. The number of rotatable bonds is 7. The number of ether oxygens (including phenoxy) is 1. The van der Waals surface area contributed by atoms with Crippen LogP contribution in [-0.4, -0.2) is 30.9 Å². The van der Waals surface area contributed by atoms with Gasteiger partial charge in [0.2, 0.25) is 0 Å². The van der Waals surface area contributed by atoms with Crippen LogP contribution in [0.3, 0.4) is 0 Å². The summed E-state index contributed by atoms with van der Waals surface area (Å²) in [4.78, 5) is 14.3. The van der Waals surface area contributed by atoms with Crippen LogP contribution in [0.15, 0.2) is 66.4 Å². The van der Waals surface area contributed by atoms with Crippen molar-refractivity contribution in [3.05, 3.63) is 77.5 Å². The van der Waals surface area contributed by atoms with Crippen LogP contribution in [0.4, 0.5) is 0 Å². The quantitative estimate of drug-likeness (QED) is 0.570. The van der Waals surface area contributed by atoms with Crippen LogP contribution in [-0.2, 0) is 0 Å². The van der Waals surface area contributed by atoms with Gasteiger partial charge in [0, 0.05) is 24.4 Å². The summed E-state index contributed by atoms with van der Waals surface area (Å²) in [6.45, 7) is 5.24. The Morgan fingerprint density at radius 3 is 2.39 bits per heavy atom. The van der Waals surface area contributed by atoms with Crippen molar-refractivity contribution in [2.75, 3.05) is 20.2 Å². The molecule has 0 aliphatic heterocycles. The van der Waals surface area contributed by atoms with Crippen LogP contribution < -0.4 is 4.74 Å². The number of carbonyl (C=O) groups is 1. The van der Waals surface area contributed by atoms with Crippen molar-refractivity contribution >= 4 is 5.78 Å². The van der Waals surface area contributed by atoms with E-state index in [-0.39, 0.29) is 5.78 Å². The molecule has 0 bridgehead atoms. The van der Waals surface area contributed by atoms with Gasteiger partial charge in [-0.05, 0) is 26.0 Å². The molecule has 0 unspecified atom stereocenters. The molecule has 120 valence electrons. The molecule has 0 saturated carbocycles. The molecule has 0 radical (unpaired) electrons. The molecule has 23 heavy (non-hydrogen) atoms. The summed E-state index contributed by atoms with van der Waals surface area (Å²) in [7, 11) is 1.96. The molecule has 0 aromatic heterocycles. The molecule has 3 nitrogen and oxygen atoms in total. The summed E-state index contributed by atoms with van der Waals surface area (Å²) < 4.78 is 5.68. The Bertz CT molecular complexity index is 660. The third-order valence-corrected chi connectivity index (χ3v) is 3.72. The summed E-state index contributed by atoms with van der Waals surface area (Å²) >= 11 is 0. The molecule has 3 heteroatoms. The highest BCUT2D eigenvalue weighted by Crippen LogP contribution is 2.10. The Morgan fingerprint density at radius 2 is 1.74 bits per heavy atom. The van der Waals surface area contributed by atoms with E-state index in [1.807, 2.05) is 80.4 Å². The maximum atomic E-state index is 12.2. The molecular weight excluding hydrogens is 286 g/mol. The van der Waals surface area contributed by atoms with Crippen molar-refractivity contribution in [1.82, 2.24) is 4.90 Å². The van der Waals surface area contributed by atoms with Gasteiger partial charge in [0.1, 0.15) is 12.4 Å². The number of hydrogen-bond acceptors (Lipinski definition) is 3. The lowest BCUT2D eigenvalue weighted by Crippen LogP contribution is -2.23. The molecule has 0 aliphatic carbocycles. The number of aryl methyl sites for hydroxylation is 1. The first-order valence-corrected chi connectivity index (χ1v) is 7.74. The predicted molar refractivity (Wildman–Crippen MR) is 93.8 cm³/mol. The molecule has 0 N–H and O–H groups in total. The molecule has 2 aromatic rings. The summed E-state index contributed by atoms with van der Waals surface area (Å²) in [6.07, 6.45) is 1.67. The highest BCUT2D eigenvalue weighted by atomic mass is 16.5. The molecule has 0 saturated heterocycles. The topological polar surface area (TPSA) is 29.5 Å². The van der Waals surface area contributed by atoms with Crippen LogP contribution in [0, 0.1) is 6.92 Å². The van der Waals surface area contributed by atoms with Crippen LogP contribution >= 0.6 is 0 Å². The monoisotopic (exact) mass is 309 g/mol. The van der Waals surface area contributed by atoms with Crippen molar-refractivity contribution in [3.63, 3.8) is 0 Å². The number of carbonyl (C=O) groups excluding carboxylic acids is 1. The van der Waals surface area contributed by atoms with Crippen LogP contribution in [0.2, 0.25) is 0 Å². The van der Waals surface area contributed by atoms with Crippen molar-refractivity contribution in [2.45, 2.75) is 13.8 Å². The summed E-state index contributed by atoms with van der Waals surface area (Å²) in [5, 5.41) is 0. The SMILES string of the molecule is CC(=CC(=O)c1ccc(C)cc1)N(C)CCOc1ccccc1. The number of benzene rings is 2. The lowest BCUT2D eigenvalue weighted by atomic mass is 10.1. The van der Waals surface area contributed by atoms with Gasteiger partial charge in [-0.1, -0.05) is 48.0 Å². The minimum Gasteiger partial charge on any atom is -0.492 e. The van der Waals surface area contributed by atoms with E-state index in [0.29, 0.717) is 12.2 Å². The van der Waals surface area contributed by atoms with E-state index in [0.717, 1.165) is 23.6 Å². The summed E-state index contributed by atoms with van der Waals surface area (Å²) in [5.74, 6) is 0.886. The fourth-order valence-corrected chi connectivity index (χ4v) is 2.09. The van der Waals surface area contributed by atoms with E-state index in [2.05, 4.69) is 0 Å². The fourth-order valence-electron chi connectivity index (χ4n) is 2.09. The number of ketones is 1. The molecule has 0 fully saturated rings. The standard InChI is InChI=1S/C20H23NO2/c1-16-9-11-18(12-10-16)20(22)15-17(2)21(3)13-14-23-19-7-5-4-6-8-19/h4-12,15H,13-14H2,1-3H3. The normalized spacial score (nSPS) is 11.2. The number of nitrogens with zero attached hydrogens (tertiary/aromatic N) is 1. The average Bonchev–Trinajstić information content (AvgIpc) is 2.56. The van der Waals surface area contributed by atoms with Gasteiger partial charge >= 0.3 is 0 Å². The second-order valence-corrected chi connectivity index (χ2v) is 5.60. The van der Waals surface area contributed by atoms with Gasteiger partial charge < -0.3 is 9.64 Å². The first-order valence-electron chi connectivity index (χ1n) is 7.74. The van der Waals surface area contributed by atoms with E-state index in [9.17, 15) is 4.79 Å². The lowest BCUT2D eigenvalue weighted by molar-refractivity contribution is 0.104. The number of para-hydroxylation sites is 1. The Labute approximate surface area is 138 Å². The third kappa shape index (κ3) is 5.29. The lowest BCUT2D eigenvalue weighted by Gasteiger charge is -2.20. The Hall–Kier alpha value is -2.55. The fraction of sp³-hybridized carbons (Fsp3) is 0.250. The van der Waals surface area contributed by atoms with E-state index in [1.165, 1.54) is 0 Å². The predicted octanol–water partition coefficient (Wildman–Crippen LogP) is 4.09. The van der Waals surface area contributed by atoms with Crippen LogP contribution in [0.5, 0.6) is 5.75 Å². The minimum absolute atomic E-state index is 0.0262. The first-order chi connectivity index (χ1) is 11.1. The Kier molecular flexibility index (Phi) is 5.98. The number of likely N-dealkylation sites (N-methyl/N-ethyl adjacent to an activating group) is 1. The second-order valence-electron chi connectivity index (χ2n) is 5.60. The molecule has 0 amide bonds. The third-order valence-electron chi connectivity index (χ3n) is 3.72. The molecule has 0 atom stereocenters. The Balaban J connectivity index is 1.87. The maximum absolute atomic E-state index is 12.2. The molecule has 0 aliphatic rings. The van der Waals surface area contributed by atoms with Gasteiger partial charge in [0.05, 0.1) is 6.54 Å². The zero-order valence-corrected chi connectivity index (χ0v) is 14.0. The molecule has 2 aromatic carbocycles. The van der Waals surface area contributed by atoms with E-state index in [1.54, 1.807) is 6.08 Å². The van der Waals surface area contributed by atoms with E-state index < -0.39 is 0 Å². The first kappa shape index (κ1) is 16.8. The van der Waals surface area contributed by atoms with Crippen molar-refractivity contribution in [3.8, 4) is 5.75 Å². The summed E-state index contributed by atoms with van der Waals surface area (Å²) in [5.41, 5.74) is 2.79. The molecule has 0 spiro atoms. The zero-order chi connectivity index (χ0) is 16.7. The highest BCUT2D eigenvalue weighted by Gasteiger charge is 2.06. The molecule has 2 rings (SSSR count). The average molecular weight is 309 g/mol. The summed E-state index contributed by atoms with van der Waals surface area (Å²) in [6, 6.07) is 17.4. The molecule has 0 heterocycles.